The molecule has 2 aromatic carbocycles. The lowest BCUT2D eigenvalue weighted by atomic mass is 9.93. The first-order valence-electron chi connectivity index (χ1n) is 6.89. The molecule has 0 spiro atoms. The van der Waals surface area contributed by atoms with Crippen molar-refractivity contribution in [3.8, 4) is 0 Å². The van der Waals surface area contributed by atoms with Gasteiger partial charge in [-0.15, -0.1) is 0 Å². The van der Waals surface area contributed by atoms with Gasteiger partial charge in [0.1, 0.15) is 0 Å². The Kier molecular flexibility index (Phi) is 3.42. The third-order valence-corrected chi connectivity index (χ3v) is 3.87. The van der Waals surface area contributed by atoms with Gasteiger partial charge in [0.25, 0.3) is 0 Å². The van der Waals surface area contributed by atoms with Crippen LogP contribution in [-0.4, -0.2) is 22.6 Å². The number of amides is 1. The number of hydrogen-bond donors (Lipinski definition) is 1. The molecule has 1 aliphatic rings. The molecule has 0 aliphatic carbocycles. The van der Waals surface area contributed by atoms with Gasteiger partial charge >= 0.3 is 6.09 Å². The molecule has 0 radical (unpaired) electrons. The summed E-state index contributed by atoms with van der Waals surface area (Å²) in [4.78, 5) is 13.2. The Morgan fingerprint density at radius 3 is 2.50 bits per heavy atom. The van der Waals surface area contributed by atoms with Crippen molar-refractivity contribution in [1.29, 1.82) is 0 Å². The molecule has 1 N–H and O–H groups in total. The van der Waals surface area contributed by atoms with Gasteiger partial charge in [-0.3, -0.25) is 4.90 Å². The summed E-state index contributed by atoms with van der Waals surface area (Å²) in [6.45, 7) is 0.573. The predicted molar refractivity (Wildman–Crippen MR) is 77.8 cm³/mol. The van der Waals surface area contributed by atoms with Gasteiger partial charge in [0.15, 0.2) is 0 Å². The third kappa shape index (κ3) is 2.27. The topological polar surface area (TPSA) is 40.5 Å². The van der Waals surface area contributed by atoms with Crippen LogP contribution in [-0.2, 0) is 6.42 Å². The smallest absolute Gasteiger partial charge is 0.408 e. The lowest BCUT2D eigenvalue weighted by molar-refractivity contribution is 0.133. The molecule has 2 aromatic rings. The fourth-order valence-corrected chi connectivity index (χ4v) is 2.97. The molecular weight excluding hydrogens is 250 g/mol. The Balaban J connectivity index is 2.15. The molecule has 1 unspecified atom stereocenters. The van der Waals surface area contributed by atoms with Gasteiger partial charge in [0, 0.05) is 6.54 Å². The molecule has 1 amide bonds. The van der Waals surface area contributed by atoms with Crippen molar-refractivity contribution >= 4 is 6.09 Å². The first-order valence-corrected chi connectivity index (χ1v) is 6.89. The number of hydrogen-bond acceptors (Lipinski definition) is 1. The molecule has 1 atom stereocenters. The van der Waals surface area contributed by atoms with Gasteiger partial charge in [-0.1, -0.05) is 54.6 Å². The van der Waals surface area contributed by atoms with E-state index in [4.69, 9.17) is 0 Å². The molecule has 0 saturated heterocycles. The van der Waals surface area contributed by atoms with Crippen LogP contribution < -0.4 is 0 Å². The average Bonchev–Trinajstić information content (AvgIpc) is 2.67. The number of carbonyl (C=O) groups is 1. The zero-order valence-corrected chi connectivity index (χ0v) is 11.2. The third-order valence-electron chi connectivity index (χ3n) is 3.87. The summed E-state index contributed by atoms with van der Waals surface area (Å²) in [5, 5.41) is 9.55. The van der Waals surface area contributed by atoms with E-state index in [1.165, 1.54) is 5.56 Å². The second-order valence-corrected chi connectivity index (χ2v) is 5.09. The maximum atomic E-state index is 11.6. The number of fused-ring (bicyclic) bond motifs is 1. The van der Waals surface area contributed by atoms with Crippen molar-refractivity contribution in [2.45, 2.75) is 18.9 Å². The van der Waals surface area contributed by atoms with Gasteiger partial charge in [-0.05, 0) is 29.5 Å². The first-order chi connectivity index (χ1) is 9.77. The zero-order valence-electron chi connectivity index (χ0n) is 11.2. The molecule has 3 rings (SSSR count). The average molecular weight is 267 g/mol. The largest absolute Gasteiger partial charge is 0.465 e. The van der Waals surface area contributed by atoms with E-state index in [0.29, 0.717) is 6.54 Å². The van der Waals surface area contributed by atoms with Crippen molar-refractivity contribution in [2.75, 3.05) is 6.54 Å². The number of nitrogens with zero attached hydrogens (tertiary/aromatic N) is 1. The lowest BCUT2D eigenvalue weighted by Crippen LogP contribution is -2.34. The highest BCUT2D eigenvalue weighted by molar-refractivity contribution is 5.67. The van der Waals surface area contributed by atoms with E-state index in [2.05, 4.69) is 6.07 Å². The summed E-state index contributed by atoms with van der Waals surface area (Å²) in [7, 11) is 0. The van der Waals surface area contributed by atoms with Crippen LogP contribution in [0, 0.1) is 0 Å². The Labute approximate surface area is 118 Å². The van der Waals surface area contributed by atoms with Gasteiger partial charge in [0.2, 0.25) is 0 Å². The second kappa shape index (κ2) is 5.37. The quantitative estimate of drug-likeness (QED) is 0.855. The number of benzene rings is 2. The maximum absolute atomic E-state index is 11.6. The molecule has 0 bridgehead atoms. The van der Waals surface area contributed by atoms with E-state index in [1.54, 1.807) is 4.90 Å². The summed E-state index contributed by atoms with van der Waals surface area (Å²) < 4.78 is 0. The molecule has 1 aliphatic heterocycles. The highest BCUT2D eigenvalue weighted by atomic mass is 16.4. The zero-order chi connectivity index (χ0) is 13.9. The minimum atomic E-state index is -0.851. The van der Waals surface area contributed by atoms with Crippen LogP contribution in [0.25, 0.3) is 0 Å². The summed E-state index contributed by atoms with van der Waals surface area (Å²) in [5.74, 6) is 0. The molecule has 20 heavy (non-hydrogen) atoms. The number of carboxylic acid groups (broad SMARTS) is 1. The molecule has 0 fully saturated rings. The molecule has 3 nitrogen and oxygen atoms in total. The molecular formula is C17H17NO2. The molecule has 0 saturated carbocycles. The maximum Gasteiger partial charge on any atom is 0.408 e. The number of rotatable bonds is 1. The summed E-state index contributed by atoms with van der Waals surface area (Å²) in [6.07, 6.45) is 0.950. The van der Waals surface area contributed by atoms with Gasteiger partial charge in [-0.25, -0.2) is 4.79 Å². The van der Waals surface area contributed by atoms with E-state index in [-0.39, 0.29) is 6.04 Å². The highest BCUT2D eigenvalue weighted by Gasteiger charge is 2.29. The fourth-order valence-electron chi connectivity index (χ4n) is 2.97. The van der Waals surface area contributed by atoms with Crippen molar-refractivity contribution < 1.29 is 9.90 Å². The van der Waals surface area contributed by atoms with E-state index in [9.17, 15) is 9.90 Å². The number of aryl methyl sites for hydroxylation is 1. The van der Waals surface area contributed by atoms with Crippen LogP contribution in [0.1, 0.15) is 29.2 Å². The van der Waals surface area contributed by atoms with Gasteiger partial charge in [-0.2, -0.15) is 0 Å². The fraction of sp³-hybridized carbons (Fsp3) is 0.235. The van der Waals surface area contributed by atoms with Crippen LogP contribution in [0.4, 0.5) is 4.79 Å². The summed E-state index contributed by atoms with van der Waals surface area (Å²) in [5.41, 5.74) is 3.40. The van der Waals surface area contributed by atoms with Crippen molar-refractivity contribution in [2.24, 2.45) is 0 Å². The van der Waals surface area contributed by atoms with Crippen LogP contribution in [0.15, 0.2) is 54.6 Å². The summed E-state index contributed by atoms with van der Waals surface area (Å²) >= 11 is 0. The van der Waals surface area contributed by atoms with Gasteiger partial charge in [0.05, 0.1) is 6.04 Å². The van der Waals surface area contributed by atoms with Crippen LogP contribution in [0.2, 0.25) is 0 Å². The van der Waals surface area contributed by atoms with E-state index in [1.807, 2.05) is 48.5 Å². The van der Waals surface area contributed by atoms with E-state index >= 15 is 0 Å². The first kappa shape index (κ1) is 12.7. The Bertz CT molecular complexity index is 609. The molecule has 1 heterocycles. The Hall–Kier alpha value is -2.29. The Morgan fingerprint density at radius 1 is 1.05 bits per heavy atom. The standard InChI is InChI=1S/C17H17NO2/c19-17(20)18-12-6-10-13-7-4-5-11-15(13)16(18)14-8-2-1-3-9-14/h1-5,7-9,11,16H,6,10,12H2,(H,19,20). The van der Waals surface area contributed by atoms with Gasteiger partial charge < -0.3 is 5.11 Å². The van der Waals surface area contributed by atoms with E-state index < -0.39 is 6.09 Å². The van der Waals surface area contributed by atoms with Crippen LogP contribution in [0.5, 0.6) is 0 Å². The highest BCUT2D eigenvalue weighted by Crippen LogP contribution is 2.34. The molecule has 102 valence electrons. The van der Waals surface area contributed by atoms with Crippen LogP contribution >= 0.6 is 0 Å². The van der Waals surface area contributed by atoms with Crippen molar-refractivity contribution in [3.05, 3.63) is 71.3 Å². The molecule has 3 heteroatoms. The second-order valence-electron chi connectivity index (χ2n) is 5.09. The van der Waals surface area contributed by atoms with Crippen molar-refractivity contribution in [3.63, 3.8) is 0 Å². The minimum Gasteiger partial charge on any atom is -0.465 e. The van der Waals surface area contributed by atoms with E-state index in [0.717, 1.165) is 24.0 Å². The normalized spacial score (nSPS) is 18.2. The van der Waals surface area contributed by atoms with Crippen molar-refractivity contribution in [1.82, 2.24) is 4.90 Å². The monoisotopic (exact) mass is 267 g/mol. The molecule has 0 aromatic heterocycles. The summed E-state index contributed by atoms with van der Waals surface area (Å²) in [6, 6.07) is 17.9. The SMILES string of the molecule is O=C(O)N1CCCc2ccccc2C1c1ccccc1. The lowest BCUT2D eigenvalue weighted by Gasteiger charge is -2.29. The predicted octanol–water partition coefficient (Wildman–Crippen LogP) is 3.70. The van der Waals surface area contributed by atoms with Crippen LogP contribution in [0.3, 0.4) is 0 Å². The minimum absolute atomic E-state index is 0.201. The Morgan fingerprint density at radius 2 is 1.75 bits per heavy atom.